The van der Waals surface area contributed by atoms with Crippen LogP contribution in [0.25, 0.3) is 11.1 Å². The second-order valence-electron chi connectivity index (χ2n) is 8.01. The zero-order valence-electron chi connectivity index (χ0n) is 19.3. The van der Waals surface area contributed by atoms with Crippen molar-refractivity contribution in [3.63, 3.8) is 0 Å². The minimum atomic E-state index is -3.71. The van der Waals surface area contributed by atoms with Gasteiger partial charge in [-0.1, -0.05) is 42.5 Å². The lowest BCUT2D eigenvalue weighted by Gasteiger charge is -2.26. The number of aliphatic imine (C=N–C) groups is 1. The Hall–Kier alpha value is -4.18. The Morgan fingerprint density at radius 1 is 0.971 bits per heavy atom. The van der Waals surface area contributed by atoms with E-state index in [-0.39, 0.29) is 17.6 Å². The first-order valence-corrected chi connectivity index (χ1v) is 12.3. The highest BCUT2D eigenvalue weighted by Gasteiger charge is 2.49. The summed E-state index contributed by atoms with van der Waals surface area (Å²) in [6.45, 7) is 0. The van der Waals surface area contributed by atoms with E-state index in [1.807, 2.05) is 18.2 Å². The smallest absolute Gasteiger partial charge is 0.337 e. The number of hydrogen-bond donors (Lipinski definition) is 1. The van der Waals surface area contributed by atoms with E-state index in [9.17, 15) is 18.0 Å². The van der Waals surface area contributed by atoms with Crippen LogP contribution in [0.15, 0.2) is 77.8 Å². The van der Waals surface area contributed by atoms with Gasteiger partial charge in [0, 0.05) is 7.05 Å². The van der Waals surface area contributed by atoms with E-state index in [1.54, 1.807) is 42.5 Å². The number of likely N-dealkylation sites (N-methyl/N-ethyl adjacent to an activating group) is 1. The molecule has 3 aromatic rings. The van der Waals surface area contributed by atoms with Gasteiger partial charge in [0.05, 0.1) is 18.9 Å². The summed E-state index contributed by atoms with van der Waals surface area (Å²) in [5.74, 6) is -0.673. The van der Waals surface area contributed by atoms with Crippen LogP contribution in [-0.4, -0.2) is 51.6 Å². The lowest BCUT2D eigenvalue weighted by Crippen LogP contribution is -2.41. The minimum Gasteiger partial charge on any atom is -0.465 e. The normalized spacial score (nSPS) is 17.7. The fourth-order valence-corrected chi connectivity index (χ4v) is 4.44. The predicted octanol–water partition coefficient (Wildman–Crippen LogP) is 2.51. The van der Waals surface area contributed by atoms with E-state index >= 15 is 0 Å². The van der Waals surface area contributed by atoms with Gasteiger partial charge in [0.2, 0.25) is 0 Å². The lowest BCUT2D eigenvalue weighted by molar-refractivity contribution is -0.129. The number of guanidine groups is 1. The van der Waals surface area contributed by atoms with Gasteiger partial charge < -0.3 is 14.7 Å². The summed E-state index contributed by atoms with van der Waals surface area (Å²) in [4.78, 5) is 31.3. The molecule has 1 atom stereocenters. The Kier molecular flexibility index (Phi) is 6.08. The third kappa shape index (κ3) is 4.47. The van der Waals surface area contributed by atoms with Gasteiger partial charge in [-0.2, -0.15) is 8.42 Å². The van der Waals surface area contributed by atoms with E-state index in [0.717, 1.165) is 17.4 Å². The molecule has 2 N–H and O–H groups in total. The van der Waals surface area contributed by atoms with Gasteiger partial charge in [-0.25, -0.2) is 9.79 Å². The van der Waals surface area contributed by atoms with Gasteiger partial charge in [0.1, 0.15) is 5.75 Å². The molecule has 0 radical (unpaired) electrons. The van der Waals surface area contributed by atoms with Crippen LogP contribution in [-0.2, 0) is 25.2 Å². The molecule has 1 unspecified atom stereocenters. The zero-order chi connectivity index (χ0) is 25.4. The predicted molar refractivity (Wildman–Crippen MR) is 130 cm³/mol. The molecule has 4 rings (SSSR count). The molecule has 1 heterocycles. The number of ether oxygens (including phenoxy) is 1. The fraction of sp³-hybridized carbons (Fsp3) is 0.160. The number of nitrogens with zero attached hydrogens (tertiary/aromatic N) is 2. The zero-order valence-corrected chi connectivity index (χ0v) is 20.1. The van der Waals surface area contributed by atoms with Crippen molar-refractivity contribution in [2.45, 2.75) is 5.54 Å². The topological polar surface area (TPSA) is 128 Å². The highest BCUT2D eigenvalue weighted by Crippen LogP contribution is 2.41. The second kappa shape index (κ2) is 8.88. The largest absolute Gasteiger partial charge is 0.465 e. The summed E-state index contributed by atoms with van der Waals surface area (Å²) < 4.78 is 32.7. The summed E-state index contributed by atoms with van der Waals surface area (Å²) in [7, 11) is -0.857. The molecule has 35 heavy (non-hydrogen) atoms. The van der Waals surface area contributed by atoms with Crippen molar-refractivity contribution >= 4 is 28.0 Å². The molecule has 1 amide bonds. The Morgan fingerprint density at radius 3 is 2.17 bits per heavy atom. The van der Waals surface area contributed by atoms with Crippen molar-refractivity contribution in [1.82, 2.24) is 4.90 Å². The second-order valence-corrected chi connectivity index (χ2v) is 9.58. The summed E-state index contributed by atoms with van der Waals surface area (Å²) in [6.07, 6.45) is 0.948. The third-order valence-corrected chi connectivity index (χ3v) is 6.15. The van der Waals surface area contributed by atoms with E-state index in [2.05, 4.69) is 4.99 Å². The molecule has 1 aliphatic heterocycles. The lowest BCUT2D eigenvalue weighted by atomic mass is 9.81. The van der Waals surface area contributed by atoms with Crippen LogP contribution in [0.1, 0.15) is 21.5 Å². The van der Waals surface area contributed by atoms with E-state index in [0.29, 0.717) is 16.7 Å². The molecule has 0 bridgehead atoms. The van der Waals surface area contributed by atoms with Crippen molar-refractivity contribution in [2.75, 3.05) is 20.4 Å². The number of nitrogens with two attached hydrogens (primary N) is 1. The van der Waals surface area contributed by atoms with Crippen molar-refractivity contribution < 1.29 is 26.9 Å². The van der Waals surface area contributed by atoms with Gasteiger partial charge in [-0.3, -0.25) is 9.69 Å². The van der Waals surface area contributed by atoms with Gasteiger partial charge in [-0.05, 0) is 52.6 Å². The van der Waals surface area contributed by atoms with Crippen molar-refractivity contribution in [3.8, 4) is 16.9 Å². The Morgan fingerprint density at radius 2 is 1.60 bits per heavy atom. The Balaban J connectivity index is 1.84. The molecule has 1 aliphatic rings. The number of benzene rings is 3. The van der Waals surface area contributed by atoms with Gasteiger partial charge in [0.25, 0.3) is 5.91 Å². The molecular formula is C25H23N3O6S. The standard InChI is InChI=1S/C25H23N3O6S/c1-28-23(30)25(27-24(28)26,19-10-12-21(13-11-19)34-35(3,31)32)20-9-5-7-17(15-20)16-6-4-8-18(14-16)22(29)33-2/h4-15H,1-3H3,(H2,26,27). The number of methoxy groups -OCH3 is 1. The monoisotopic (exact) mass is 493 g/mol. The SMILES string of the molecule is COC(=O)c1cccc(-c2cccc(C3(c4ccc(OS(C)(=O)=O)cc4)N=C(N)N(C)C3=O)c2)c1. The first-order chi connectivity index (χ1) is 16.5. The molecule has 0 fully saturated rings. The maximum Gasteiger partial charge on any atom is 0.337 e. The molecule has 3 aromatic carbocycles. The van der Waals surface area contributed by atoms with Crippen molar-refractivity contribution in [2.24, 2.45) is 10.7 Å². The molecule has 0 aromatic heterocycles. The molecular weight excluding hydrogens is 470 g/mol. The Bertz CT molecular complexity index is 1450. The van der Waals surface area contributed by atoms with Gasteiger partial charge in [0.15, 0.2) is 11.5 Å². The first kappa shape index (κ1) is 24.0. The van der Waals surface area contributed by atoms with Crippen LogP contribution in [0, 0.1) is 0 Å². The van der Waals surface area contributed by atoms with E-state index in [4.69, 9.17) is 14.7 Å². The molecule has 0 spiro atoms. The summed E-state index contributed by atoms with van der Waals surface area (Å²) >= 11 is 0. The number of amides is 1. The van der Waals surface area contributed by atoms with E-state index < -0.39 is 21.6 Å². The number of carbonyl (C=O) groups is 2. The van der Waals surface area contributed by atoms with Crippen molar-refractivity contribution in [1.29, 1.82) is 0 Å². The molecule has 180 valence electrons. The van der Waals surface area contributed by atoms with Crippen LogP contribution in [0.3, 0.4) is 0 Å². The van der Waals surface area contributed by atoms with Crippen molar-refractivity contribution in [3.05, 3.63) is 89.5 Å². The van der Waals surface area contributed by atoms with Crippen LogP contribution >= 0.6 is 0 Å². The van der Waals surface area contributed by atoms with Crippen LogP contribution in [0.4, 0.5) is 0 Å². The first-order valence-electron chi connectivity index (χ1n) is 10.5. The van der Waals surface area contributed by atoms with Crippen LogP contribution in [0.2, 0.25) is 0 Å². The summed E-state index contributed by atoms with van der Waals surface area (Å²) in [6, 6.07) is 20.2. The highest BCUT2D eigenvalue weighted by atomic mass is 32.2. The fourth-order valence-electron chi connectivity index (χ4n) is 3.98. The highest BCUT2D eigenvalue weighted by molar-refractivity contribution is 7.86. The number of esters is 1. The number of carbonyl (C=O) groups excluding carboxylic acids is 2. The number of hydrogen-bond acceptors (Lipinski definition) is 8. The average Bonchev–Trinajstić information content (AvgIpc) is 3.08. The third-order valence-electron chi connectivity index (χ3n) is 5.66. The number of rotatable bonds is 6. The molecule has 10 heteroatoms. The Labute approximate surface area is 202 Å². The summed E-state index contributed by atoms with van der Waals surface area (Å²) in [5.41, 5.74) is 7.49. The molecule has 0 saturated carbocycles. The molecule has 0 aliphatic carbocycles. The maximum absolute atomic E-state index is 13.5. The molecule has 9 nitrogen and oxygen atoms in total. The maximum atomic E-state index is 13.5. The minimum absolute atomic E-state index is 0.0459. The molecule has 0 saturated heterocycles. The van der Waals surface area contributed by atoms with Gasteiger partial charge in [-0.15, -0.1) is 0 Å². The average molecular weight is 494 g/mol. The van der Waals surface area contributed by atoms with Gasteiger partial charge >= 0.3 is 16.1 Å². The quantitative estimate of drug-likeness (QED) is 0.413. The van der Waals surface area contributed by atoms with Crippen LogP contribution in [0.5, 0.6) is 5.75 Å². The van der Waals surface area contributed by atoms with Crippen LogP contribution < -0.4 is 9.92 Å². The summed E-state index contributed by atoms with van der Waals surface area (Å²) in [5, 5.41) is 0. The van der Waals surface area contributed by atoms with E-state index in [1.165, 1.54) is 31.2 Å².